The van der Waals surface area contributed by atoms with Crippen molar-refractivity contribution in [3.05, 3.63) is 29.8 Å². The highest BCUT2D eigenvalue weighted by Crippen LogP contribution is 2.19. The Kier molecular flexibility index (Phi) is 6.97. The molecule has 0 saturated heterocycles. The molecule has 0 spiro atoms. The van der Waals surface area contributed by atoms with Gasteiger partial charge < -0.3 is 14.8 Å². The van der Waals surface area contributed by atoms with Gasteiger partial charge in [-0.15, -0.1) is 0 Å². The topological polar surface area (TPSA) is 47.6 Å². The average molecular weight is 265 g/mol. The summed E-state index contributed by atoms with van der Waals surface area (Å²) < 4.78 is 10.6. The molecule has 0 aliphatic rings. The number of carbonyl (C=O) groups is 1. The second kappa shape index (κ2) is 8.53. The van der Waals surface area contributed by atoms with Crippen LogP contribution in [0.5, 0.6) is 5.75 Å². The van der Waals surface area contributed by atoms with E-state index < -0.39 is 6.04 Å². The minimum Gasteiger partial charge on any atom is -0.494 e. The van der Waals surface area contributed by atoms with Gasteiger partial charge in [0.2, 0.25) is 0 Å². The van der Waals surface area contributed by atoms with Gasteiger partial charge in [-0.25, -0.2) is 4.79 Å². The van der Waals surface area contributed by atoms with Gasteiger partial charge in [-0.05, 0) is 37.6 Å². The first kappa shape index (κ1) is 15.5. The van der Waals surface area contributed by atoms with E-state index in [1.54, 1.807) is 0 Å². The maximum Gasteiger partial charge on any atom is 0.327 e. The van der Waals surface area contributed by atoms with Crippen molar-refractivity contribution < 1.29 is 14.3 Å². The summed E-state index contributed by atoms with van der Waals surface area (Å²) in [6.07, 6.45) is 0.977. The molecule has 1 unspecified atom stereocenters. The van der Waals surface area contributed by atoms with Crippen LogP contribution in [0.25, 0.3) is 0 Å². The molecule has 106 valence electrons. The zero-order chi connectivity index (χ0) is 14.1. The molecule has 0 aliphatic carbocycles. The molecule has 1 rings (SSSR count). The fourth-order valence-electron chi connectivity index (χ4n) is 1.74. The van der Waals surface area contributed by atoms with Crippen LogP contribution in [-0.4, -0.2) is 25.7 Å². The SMILES string of the molecule is CCCOc1ccc(C(NCC)C(=O)OCC)cc1. The highest BCUT2D eigenvalue weighted by molar-refractivity contribution is 5.77. The van der Waals surface area contributed by atoms with Crippen LogP contribution in [0.3, 0.4) is 0 Å². The molecule has 1 N–H and O–H groups in total. The molecule has 0 fully saturated rings. The normalized spacial score (nSPS) is 11.9. The van der Waals surface area contributed by atoms with Crippen molar-refractivity contribution in [2.24, 2.45) is 0 Å². The summed E-state index contributed by atoms with van der Waals surface area (Å²) in [6, 6.07) is 7.15. The van der Waals surface area contributed by atoms with Crippen molar-refractivity contribution in [1.29, 1.82) is 0 Å². The molecule has 0 aromatic heterocycles. The van der Waals surface area contributed by atoms with E-state index in [2.05, 4.69) is 12.2 Å². The van der Waals surface area contributed by atoms with Crippen LogP contribution in [0.15, 0.2) is 24.3 Å². The van der Waals surface area contributed by atoms with Gasteiger partial charge >= 0.3 is 5.97 Å². The highest BCUT2D eigenvalue weighted by Gasteiger charge is 2.20. The Morgan fingerprint density at radius 3 is 2.42 bits per heavy atom. The van der Waals surface area contributed by atoms with Gasteiger partial charge in [-0.2, -0.15) is 0 Å². The fourth-order valence-corrected chi connectivity index (χ4v) is 1.74. The highest BCUT2D eigenvalue weighted by atomic mass is 16.5. The standard InChI is InChI=1S/C15H23NO3/c1-4-11-19-13-9-7-12(8-10-13)14(16-5-2)15(17)18-6-3/h7-10,14,16H,4-6,11H2,1-3H3. The summed E-state index contributed by atoms with van der Waals surface area (Å²) in [6.45, 7) is 7.63. The second-order valence-corrected chi connectivity index (χ2v) is 4.16. The van der Waals surface area contributed by atoms with E-state index in [9.17, 15) is 4.79 Å². The van der Waals surface area contributed by atoms with E-state index in [-0.39, 0.29) is 5.97 Å². The first-order chi connectivity index (χ1) is 9.22. The van der Waals surface area contributed by atoms with E-state index in [4.69, 9.17) is 9.47 Å². The summed E-state index contributed by atoms with van der Waals surface area (Å²) >= 11 is 0. The Morgan fingerprint density at radius 1 is 1.21 bits per heavy atom. The Bertz CT molecular complexity index is 375. The minimum atomic E-state index is -0.412. The summed E-state index contributed by atoms with van der Waals surface area (Å²) in [5.41, 5.74) is 0.893. The summed E-state index contributed by atoms with van der Waals surface area (Å²) in [7, 11) is 0. The number of benzene rings is 1. The number of rotatable bonds is 8. The minimum absolute atomic E-state index is 0.244. The quantitative estimate of drug-likeness (QED) is 0.734. The lowest BCUT2D eigenvalue weighted by Gasteiger charge is -2.17. The number of esters is 1. The number of nitrogens with one attached hydrogen (secondary N) is 1. The van der Waals surface area contributed by atoms with Gasteiger partial charge in [0.1, 0.15) is 11.8 Å². The number of hydrogen-bond donors (Lipinski definition) is 1. The van der Waals surface area contributed by atoms with Crippen molar-refractivity contribution in [2.45, 2.75) is 33.2 Å². The predicted octanol–water partition coefficient (Wildman–Crippen LogP) is 2.69. The molecule has 1 aromatic carbocycles. The van der Waals surface area contributed by atoms with Gasteiger partial charge in [0.25, 0.3) is 0 Å². The van der Waals surface area contributed by atoms with Crippen molar-refractivity contribution in [3.63, 3.8) is 0 Å². The molecular weight excluding hydrogens is 242 g/mol. The van der Waals surface area contributed by atoms with Crippen LogP contribution in [0.1, 0.15) is 38.8 Å². The van der Waals surface area contributed by atoms with Crippen LogP contribution >= 0.6 is 0 Å². The van der Waals surface area contributed by atoms with Crippen LogP contribution < -0.4 is 10.1 Å². The molecule has 4 nitrogen and oxygen atoms in total. The maximum atomic E-state index is 11.9. The maximum absolute atomic E-state index is 11.9. The second-order valence-electron chi connectivity index (χ2n) is 4.16. The number of hydrogen-bond acceptors (Lipinski definition) is 4. The largest absolute Gasteiger partial charge is 0.494 e. The Balaban J connectivity index is 2.76. The molecule has 1 aromatic rings. The Labute approximate surface area is 115 Å². The molecule has 0 radical (unpaired) electrons. The smallest absolute Gasteiger partial charge is 0.327 e. The molecule has 0 bridgehead atoms. The number of carbonyl (C=O) groups excluding carboxylic acids is 1. The Morgan fingerprint density at radius 2 is 1.89 bits per heavy atom. The molecular formula is C15H23NO3. The molecule has 0 saturated carbocycles. The lowest BCUT2D eigenvalue weighted by atomic mass is 10.1. The van der Waals surface area contributed by atoms with Crippen LogP contribution in [0, 0.1) is 0 Å². The number of likely N-dealkylation sites (N-methyl/N-ethyl adjacent to an activating group) is 1. The van der Waals surface area contributed by atoms with Gasteiger partial charge in [-0.3, -0.25) is 0 Å². The first-order valence-electron chi connectivity index (χ1n) is 6.85. The number of ether oxygens (including phenoxy) is 2. The summed E-state index contributed by atoms with van der Waals surface area (Å²) in [5, 5.41) is 3.13. The molecule has 19 heavy (non-hydrogen) atoms. The van der Waals surface area contributed by atoms with E-state index in [0.717, 1.165) is 17.7 Å². The molecule has 0 aliphatic heterocycles. The molecule has 0 heterocycles. The van der Waals surface area contributed by atoms with E-state index in [1.165, 1.54) is 0 Å². The van der Waals surface area contributed by atoms with Crippen LogP contribution in [0.2, 0.25) is 0 Å². The third-order valence-electron chi connectivity index (χ3n) is 2.62. The monoisotopic (exact) mass is 265 g/mol. The van der Waals surface area contributed by atoms with Crippen molar-refractivity contribution >= 4 is 5.97 Å². The molecule has 4 heteroatoms. The Hall–Kier alpha value is -1.55. The van der Waals surface area contributed by atoms with Crippen LogP contribution in [0.4, 0.5) is 0 Å². The first-order valence-corrected chi connectivity index (χ1v) is 6.85. The predicted molar refractivity (Wildman–Crippen MR) is 75.3 cm³/mol. The van der Waals surface area contributed by atoms with E-state index >= 15 is 0 Å². The van der Waals surface area contributed by atoms with Crippen molar-refractivity contribution in [1.82, 2.24) is 5.32 Å². The summed E-state index contributed by atoms with van der Waals surface area (Å²) in [4.78, 5) is 11.9. The fraction of sp³-hybridized carbons (Fsp3) is 0.533. The van der Waals surface area contributed by atoms with Gasteiger partial charge in [-0.1, -0.05) is 26.0 Å². The third-order valence-corrected chi connectivity index (χ3v) is 2.62. The molecule has 0 amide bonds. The van der Waals surface area contributed by atoms with E-state index in [1.807, 2.05) is 38.1 Å². The lowest BCUT2D eigenvalue weighted by Crippen LogP contribution is -2.30. The van der Waals surface area contributed by atoms with Gasteiger partial charge in [0.05, 0.1) is 13.2 Å². The van der Waals surface area contributed by atoms with Crippen molar-refractivity contribution in [3.8, 4) is 5.75 Å². The van der Waals surface area contributed by atoms with Gasteiger partial charge in [0.15, 0.2) is 0 Å². The lowest BCUT2D eigenvalue weighted by molar-refractivity contribution is -0.145. The average Bonchev–Trinajstić information content (AvgIpc) is 2.43. The third kappa shape index (κ3) is 4.91. The zero-order valence-corrected chi connectivity index (χ0v) is 11.9. The zero-order valence-electron chi connectivity index (χ0n) is 11.9. The molecule has 1 atom stereocenters. The van der Waals surface area contributed by atoms with Crippen molar-refractivity contribution in [2.75, 3.05) is 19.8 Å². The van der Waals surface area contributed by atoms with E-state index in [0.29, 0.717) is 19.8 Å². The van der Waals surface area contributed by atoms with Crippen LogP contribution in [-0.2, 0) is 9.53 Å². The van der Waals surface area contributed by atoms with Gasteiger partial charge in [0, 0.05) is 0 Å². The summed E-state index contributed by atoms with van der Waals surface area (Å²) in [5.74, 6) is 0.580.